The number of hydrogen-bond donors (Lipinski definition) is 0. The molecular weight excluding hydrogens is 362 g/mol. The number of thioether (sulfide) groups is 1. The first-order chi connectivity index (χ1) is 9.83. The number of nitrogens with zero attached hydrogens (tertiary/aromatic N) is 1. The van der Waals surface area contributed by atoms with Crippen molar-refractivity contribution in [2.45, 2.75) is 68.4 Å². The standard InChI is InChI=1S/C18H28NSSi.2CH3.Ti/c1-11(2)19-21(5,6)18-13(4)12(3)16-14-9-7-8-10-15(14)20-17(16)18;;;/h7-13,16-18H,1-6H3;2*1H3;/q3*-1;+3. The molecule has 2 aliphatic rings. The van der Waals surface area contributed by atoms with Gasteiger partial charge in [-0.3, -0.25) is 0 Å². The van der Waals surface area contributed by atoms with Crippen molar-refractivity contribution in [3.8, 4) is 0 Å². The van der Waals surface area contributed by atoms with Crippen molar-refractivity contribution in [1.29, 1.82) is 0 Å². The molecule has 1 saturated carbocycles. The van der Waals surface area contributed by atoms with Gasteiger partial charge in [0.05, 0.1) is 0 Å². The summed E-state index contributed by atoms with van der Waals surface area (Å²) >= 11 is 2.15. The smallest absolute Gasteiger partial charge is 0.662 e. The average molecular weight is 397 g/mol. The van der Waals surface area contributed by atoms with E-state index in [-0.39, 0.29) is 36.6 Å². The van der Waals surface area contributed by atoms with Crippen LogP contribution in [0.2, 0.25) is 18.6 Å². The van der Waals surface area contributed by atoms with E-state index in [2.05, 4.69) is 76.8 Å². The van der Waals surface area contributed by atoms with E-state index >= 15 is 0 Å². The second-order valence-corrected chi connectivity index (χ2v) is 13.2. The van der Waals surface area contributed by atoms with Gasteiger partial charge in [0, 0.05) is 10.1 Å². The molecule has 1 fully saturated rings. The van der Waals surface area contributed by atoms with Crippen LogP contribution in [0.1, 0.15) is 39.2 Å². The molecular formula is C20H34NSSiTi. The van der Waals surface area contributed by atoms with Crippen LogP contribution in [0.15, 0.2) is 29.2 Å². The van der Waals surface area contributed by atoms with Crippen LogP contribution in [-0.2, 0) is 21.7 Å². The van der Waals surface area contributed by atoms with Gasteiger partial charge in [0.15, 0.2) is 0 Å². The summed E-state index contributed by atoms with van der Waals surface area (Å²) < 4.78 is 0. The summed E-state index contributed by atoms with van der Waals surface area (Å²) in [6.45, 7) is 14.4. The molecule has 3 rings (SSSR count). The van der Waals surface area contributed by atoms with Crippen molar-refractivity contribution in [2.24, 2.45) is 11.8 Å². The first kappa shape index (κ1) is 24.5. The Hall–Kier alpha value is 0.461. The molecule has 24 heavy (non-hydrogen) atoms. The van der Waals surface area contributed by atoms with E-state index in [1.807, 2.05) is 0 Å². The zero-order chi connectivity index (χ0) is 15.4. The zero-order valence-corrected chi connectivity index (χ0v) is 20.0. The summed E-state index contributed by atoms with van der Waals surface area (Å²) in [7, 11) is -1.56. The number of hydrogen-bond acceptors (Lipinski definition) is 1. The van der Waals surface area contributed by atoms with Crippen LogP contribution in [0.25, 0.3) is 4.98 Å². The molecule has 0 N–H and O–H groups in total. The van der Waals surface area contributed by atoms with Gasteiger partial charge in [-0.25, -0.2) is 0 Å². The Bertz CT molecular complexity index is 534. The molecule has 1 aliphatic heterocycles. The molecule has 1 aromatic rings. The molecule has 1 heterocycles. The van der Waals surface area contributed by atoms with Crippen LogP contribution in [0.5, 0.6) is 0 Å². The summed E-state index contributed by atoms with van der Waals surface area (Å²) in [6.07, 6.45) is 0. The van der Waals surface area contributed by atoms with Gasteiger partial charge < -0.3 is 19.8 Å². The van der Waals surface area contributed by atoms with Crippen LogP contribution in [0.3, 0.4) is 0 Å². The van der Waals surface area contributed by atoms with Gasteiger partial charge >= 0.3 is 21.7 Å². The summed E-state index contributed by atoms with van der Waals surface area (Å²) in [5, 5.41) is 0.761. The fourth-order valence-corrected chi connectivity index (χ4v) is 11.9. The Morgan fingerprint density at radius 2 is 1.62 bits per heavy atom. The Balaban J connectivity index is 0.00000176. The van der Waals surface area contributed by atoms with Crippen molar-refractivity contribution < 1.29 is 21.7 Å². The van der Waals surface area contributed by atoms with Gasteiger partial charge in [0.25, 0.3) is 0 Å². The van der Waals surface area contributed by atoms with Crippen LogP contribution in [0.4, 0.5) is 0 Å². The van der Waals surface area contributed by atoms with Crippen molar-refractivity contribution in [3.63, 3.8) is 0 Å². The minimum atomic E-state index is -1.56. The second-order valence-electron chi connectivity index (χ2n) is 7.77. The predicted molar refractivity (Wildman–Crippen MR) is 110 cm³/mol. The van der Waals surface area contributed by atoms with Crippen molar-refractivity contribution in [2.75, 3.05) is 0 Å². The van der Waals surface area contributed by atoms with Gasteiger partial charge in [0.1, 0.15) is 0 Å². The molecule has 4 heteroatoms. The maximum absolute atomic E-state index is 5.22. The average Bonchev–Trinajstić information content (AvgIpc) is 2.84. The van der Waals surface area contributed by atoms with Crippen LogP contribution in [-0.4, -0.2) is 19.5 Å². The molecule has 0 spiro atoms. The van der Waals surface area contributed by atoms with Crippen molar-refractivity contribution >= 4 is 20.0 Å². The molecule has 0 bridgehead atoms. The topological polar surface area (TPSA) is 14.1 Å². The molecule has 1 radical (unpaired) electrons. The molecule has 5 unspecified atom stereocenters. The minimum Gasteiger partial charge on any atom is -0.662 e. The van der Waals surface area contributed by atoms with Crippen LogP contribution < -0.4 is 0 Å². The molecule has 1 nitrogen and oxygen atoms in total. The van der Waals surface area contributed by atoms with Gasteiger partial charge in [-0.15, -0.1) is 17.8 Å². The normalized spacial score (nSPS) is 30.7. The SMILES string of the molecule is CC(C)[N-][Si](C)(C)C1C(C)C(C)C2c3ccccc3SC21.[CH3-].[CH3-].[Ti+3]. The van der Waals surface area contributed by atoms with Crippen LogP contribution >= 0.6 is 11.8 Å². The molecule has 0 aromatic heterocycles. The van der Waals surface area contributed by atoms with E-state index in [1.165, 1.54) is 4.90 Å². The molecule has 1 aliphatic carbocycles. The summed E-state index contributed by atoms with van der Waals surface area (Å²) in [5.74, 6) is 2.33. The number of rotatable bonds is 3. The summed E-state index contributed by atoms with van der Waals surface area (Å²) in [6, 6.07) is 9.57. The van der Waals surface area contributed by atoms with Crippen molar-refractivity contribution in [1.82, 2.24) is 0 Å². The summed E-state index contributed by atoms with van der Waals surface area (Å²) in [4.78, 5) is 6.76. The fraction of sp³-hybridized carbons (Fsp3) is 0.600. The molecule has 133 valence electrons. The third kappa shape index (κ3) is 4.06. The van der Waals surface area contributed by atoms with E-state index in [4.69, 9.17) is 4.98 Å². The Labute approximate surface area is 171 Å². The first-order valence-electron chi connectivity index (χ1n) is 8.30. The molecule has 1 aromatic carbocycles. The number of benzene rings is 1. The van der Waals surface area contributed by atoms with E-state index < -0.39 is 8.24 Å². The third-order valence-corrected chi connectivity index (χ3v) is 11.0. The van der Waals surface area contributed by atoms with Crippen LogP contribution in [0, 0.1) is 26.7 Å². The van der Waals surface area contributed by atoms with E-state index in [0.29, 0.717) is 6.04 Å². The fourth-order valence-electron chi connectivity index (χ4n) is 4.89. The second kappa shape index (κ2) is 8.90. The predicted octanol–water partition coefficient (Wildman–Crippen LogP) is 6.79. The largest absolute Gasteiger partial charge is 3.00 e. The first-order valence-corrected chi connectivity index (χ1v) is 12.2. The van der Waals surface area contributed by atoms with Gasteiger partial charge in [-0.1, -0.05) is 67.2 Å². The third-order valence-electron chi connectivity index (χ3n) is 5.62. The molecule has 0 saturated heterocycles. The van der Waals surface area contributed by atoms with E-state index in [0.717, 1.165) is 28.5 Å². The number of fused-ring (bicyclic) bond motifs is 3. The summed E-state index contributed by atoms with van der Waals surface area (Å²) in [5.41, 5.74) is 2.42. The minimum absolute atomic E-state index is 0. The maximum Gasteiger partial charge on any atom is 3.00 e. The zero-order valence-electron chi connectivity index (χ0n) is 16.6. The Morgan fingerprint density at radius 1 is 1.04 bits per heavy atom. The molecule has 5 atom stereocenters. The van der Waals surface area contributed by atoms with E-state index in [9.17, 15) is 0 Å². The van der Waals surface area contributed by atoms with E-state index in [1.54, 1.807) is 5.56 Å². The Kier molecular flexibility index (Phi) is 9.07. The van der Waals surface area contributed by atoms with Gasteiger partial charge in [-0.2, -0.15) is 0 Å². The van der Waals surface area contributed by atoms with Gasteiger partial charge in [-0.05, 0) is 34.9 Å². The monoisotopic (exact) mass is 396 g/mol. The molecule has 0 amide bonds. The Morgan fingerprint density at radius 3 is 2.21 bits per heavy atom. The van der Waals surface area contributed by atoms with Gasteiger partial charge in [0.2, 0.25) is 0 Å². The quantitative estimate of drug-likeness (QED) is 0.405. The maximum atomic E-state index is 5.22. The van der Waals surface area contributed by atoms with Crippen molar-refractivity contribution in [3.05, 3.63) is 49.7 Å².